The highest BCUT2D eigenvalue weighted by molar-refractivity contribution is 9.10. The smallest absolute Gasteiger partial charge is 0.164 e. The van der Waals surface area contributed by atoms with Crippen molar-refractivity contribution in [3.63, 3.8) is 0 Å². The molecule has 0 amide bonds. The maximum absolute atomic E-state index is 5.83. The van der Waals surface area contributed by atoms with Crippen molar-refractivity contribution in [1.29, 1.82) is 0 Å². The average Bonchev–Trinajstić information content (AvgIpc) is 2.81. The highest BCUT2D eigenvalue weighted by Gasteiger charge is 2.07. The molecule has 5 nitrogen and oxygen atoms in total. The molecule has 0 saturated carbocycles. The predicted molar refractivity (Wildman–Crippen MR) is 76.9 cm³/mol. The van der Waals surface area contributed by atoms with Gasteiger partial charge in [-0.3, -0.25) is 4.68 Å². The molecule has 1 aromatic carbocycles. The first-order valence-corrected chi connectivity index (χ1v) is 6.94. The summed E-state index contributed by atoms with van der Waals surface area (Å²) in [6.07, 6.45) is 1.53. The summed E-state index contributed by atoms with van der Waals surface area (Å²) in [5.74, 6) is 1.67. The molecule has 0 aliphatic rings. The van der Waals surface area contributed by atoms with E-state index in [1.807, 2.05) is 19.2 Å². The van der Waals surface area contributed by atoms with Gasteiger partial charge in [0.25, 0.3) is 0 Å². The third-order valence-electron chi connectivity index (χ3n) is 2.75. The van der Waals surface area contributed by atoms with Crippen LogP contribution in [0.1, 0.15) is 18.3 Å². The van der Waals surface area contributed by atoms with Crippen molar-refractivity contribution in [2.75, 3.05) is 6.54 Å². The Morgan fingerprint density at radius 1 is 1.42 bits per heavy atom. The number of halogens is 1. The Labute approximate surface area is 121 Å². The van der Waals surface area contributed by atoms with E-state index in [1.54, 1.807) is 4.68 Å². The first-order valence-electron chi connectivity index (χ1n) is 6.15. The molecule has 0 bridgehead atoms. The van der Waals surface area contributed by atoms with Gasteiger partial charge in [-0.05, 0) is 24.7 Å². The fourth-order valence-electron chi connectivity index (χ4n) is 1.68. The van der Waals surface area contributed by atoms with Crippen LogP contribution in [0.25, 0.3) is 0 Å². The summed E-state index contributed by atoms with van der Waals surface area (Å²) < 4.78 is 8.59. The number of hydrogen-bond acceptors (Lipinski definition) is 4. The second kappa shape index (κ2) is 6.68. The number of aryl methyl sites for hydroxylation is 1. The molecule has 1 heterocycles. The Morgan fingerprint density at radius 2 is 2.26 bits per heavy atom. The minimum atomic E-state index is 0.414. The zero-order valence-corrected chi connectivity index (χ0v) is 12.6. The van der Waals surface area contributed by atoms with Crippen molar-refractivity contribution in [2.24, 2.45) is 7.05 Å². The number of hydrogen-bond donors (Lipinski definition) is 1. The Balaban J connectivity index is 2.08. The Bertz CT molecular complexity index is 541. The molecule has 0 radical (unpaired) electrons. The van der Waals surface area contributed by atoms with Crippen molar-refractivity contribution in [2.45, 2.75) is 20.1 Å². The predicted octanol–water partition coefficient (Wildman–Crippen LogP) is 2.27. The largest absolute Gasteiger partial charge is 0.485 e. The van der Waals surface area contributed by atoms with E-state index < -0.39 is 0 Å². The number of ether oxygens (including phenoxy) is 1. The first-order chi connectivity index (χ1) is 9.20. The molecule has 0 atom stereocenters. The van der Waals surface area contributed by atoms with Crippen LogP contribution in [-0.2, 0) is 20.2 Å². The van der Waals surface area contributed by atoms with Crippen LogP contribution in [0, 0.1) is 0 Å². The minimum absolute atomic E-state index is 0.414. The molecule has 102 valence electrons. The first kappa shape index (κ1) is 14.0. The summed E-state index contributed by atoms with van der Waals surface area (Å²) >= 11 is 3.48. The molecule has 0 unspecified atom stereocenters. The molecule has 1 N–H and O–H groups in total. The molecule has 0 spiro atoms. The van der Waals surface area contributed by atoms with E-state index in [0.717, 1.165) is 34.7 Å². The monoisotopic (exact) mass is 324 g/mol. The van der Waals surface area contributed by atoms with Gasteiger partial charge in [0, 0.05) is 23.6 Å². The Kier molecular flexibility index (Phi) is 4.93. The summed E-state index contributed by atoms with van der Waals surface area (Å²) in [6, 6.07) is 6.00. The molecule has 0 aliphatic carbocycles. The maximum atomic E-state index is 5.83. The van der Waals surface area contributed by atoms with Crippen molar-refractivity contribution >= 4 is 15.9 Å². The van der Waals surface area contributed by atoms with Crippen LogP contribution < -0.4 is 10.1 Å². The fraction of sp³-hybridized carbons (Fsp3) is 0.385. The summed E-state index contributed by atoms with van der Waals surface area (Å²) in [6.45, 7) is 4.20. The van der Waals surface area contributed by atoms with Crippen LogP contribution in [0.2, 0.25) is 0 Å². The molecule has 2 rings (SSSR count). The summed E-state index contributed by atoms with van der Waals surface area (Å²) in [7, 11) is 1.85. The van der Waals surface area contributed by atoms with Crippen molar-refractivity contribution < 1.29 is 4.74 Å². The number of rotatable bonds is 6. The molecule has 1 aromatic heterocycles. The topological polar surface area (TPSA) is 52.0 Å². The van der Waals surface area contributed by atoms with Gasteiger partial charge in [0.1, 0.15) is 18.7 Å². The van der Waals surface area contributed by atoms with Gasteiger partial charge in [-0.2, -0.15) is 5.10 Å². The molecule has 0 fully saturated rings. The minimum Gasteiger partial charge on any atom is -0.485 e. The van der Waals surface area contributed by atoms with Gasteiger partial charge in [0.2, 0.25) is 0 Å². The van der Waals surface area contributed by atoms with Crippen LogP contribution in [0.5, 0.6) is 5.75 Å². The third-order valence-corrected chi connectivity index (χ3v) is 3.24. The van der Waals surface area contributed by atoms with Gasteiger partial charge in [0.15, 0.2) is 5.82 Å². The molecular weight excluding hydrogens is 308 g/mol. The molecule has 6 heteroatoms. The van der Waals surface area contributed by atoms with Gasteiger partial charge in [-0.1, -0.05) is 22.9 Å². The summed E-state index contributed by atoms with van der Waals surface area (Å²) in [5.41, 5.74) is 1.12. The summed E-state index contributed by atoms with van der Waals surface area (Å²) in [4.78, 5) is 4.14. The molecule has 2 aromatic rings. The van der Waals surface area contributed by atoms with E-state index in [-0.39, 0.29) is 0 Å². The van der Waals surface area contributed by atoms with Crippen LogP contribution in [0.4, 0.5) is 0 Å². The fourth-order valence-corrected chi connectivity index (χ4v) is 2.09. The van der Waals surface area contributed by atoms with Gasteiger partial charge in [-0.25, -0.2) is 4.98 Å². The number of benzene rings is 1. The SMILES string of the molecule is CCNCc1cc(Br)ccc1OCc1ncnn1C. The lowest BCUT2D eigenvalue weighted by molar-refractivity contribution is 0.286. The summed E-state index contributed by atoms with van der Waals surface area (Å²) in [5, 5.41) is 7.32. The van der Waals surface area contributed by atoms with Gasteiger partial charge in [0.05, 0.1) is 0 Å². The number of aromatic nitrogens is 3. The van der Waals surface area contributed by atoms with E-state index in [0.29, 0.717) is 6.61 Å². The standard InChI is InChI=1S/C13H17BrN4O/c1-3-15-7-10-6-11(14)4-5-12(10)19-8-13-16-9-17-18(13)2/h4-6,9,15H,3,7-8H2,1-2H3. The molecule has 0 aliphatic heterocycles. The second-order valence-corrected chi connectivity index (χ2v) is 5.04. The number of nitrogens with zero attached hydrogens (tertiary/aromatic N) is 3. The number of nitrogens with one attached hydrogen (secondary N) is 1. The van der Waals surface area contributed by atoms with E-state index in [4.69, 9.17) is 4.74 Å². The normalized spacial score (nSPS) is 10.7. The van der Waals surface area contributed by atoms with E-state index >= 15 is 0 Å². The van der Waals surface area contributed by atoms with Crippen LogP contribution in [-0.4, -0.2) is 21.3 Å². The van der Waals surface area contributed by atoms with E-state index in [2.05, 4.69) is 44.3 Å². The second-order valence-electron chi connectivity index (χ2n) is 4.12. The van der Waals surface area contributed by atoms with E-state index in [1.165, 1.54) is 6.33 Å². The molecule has 0 saturated heterocycles. The zero-order chi connectivity index (χ0) is 13.7. The Morgan fingerprint density at radius 3 is 2.95 bits per heavy atom. The lowest BCUT2D eigenvalue weighted by Gasteiger charge is -2.12. The third kappa shape index (κ3) is 3.78. The molecule has 19 heavy (non-hydrogen) atoms. The van der Waals surface area contributed by atoms with Gasteiger partial charge >= 0.3 is 0 Å². The highest BCUT2D eigenvalue weighted by Crippen LogP contribution is 2.23. The van der Waals surface area contributed by atoms with Crippen molar-refractivity contribution in [3.8, 4) is 5.75 Å². The average molecular weight is 325 g/mol. The van der Waals surface area contributed by atoms with Crippen molar-refractivity contribution in [1.82, 2.24) is 20.1 Å². The lowest BCUT2D eigenvalue weighted by Crippen LogP contribution is -2.13. The Hall–Kier alpha value is -1.40. The van der Waals surface area contributed by atoms with Gasteiger partial charge < -0.3 is 10.1 Å². The maximum Gasteiger partial charge on any atom is 0.164 e. The molecular formula is C13H17BrN4O. The quantitative estimate of drug-likeness (QED) is 0.885. The van der Waals surface area contributed by atoms with Gasteiger partial charge in [-0.15, -0.1) is 0 Å². The lowest BCUT2D eigenvalue weighted by atomic mass is 10.2. The van der Waals surface area contributed by atoms with Crippen LogP contribution in [0.15, 0.2) is 29.0 Å². The van der Waals surface area contributed by atoms with Crippen molar-refractivity contribution in [3.05, 3.63) is 40.4 Å². The van der Waals surface area contributed by atoms with E-state index in [9.17, 15) is 0 Å². The highest BCUT2D eigenvalue weighted by atomic mass is 79.9. The van der Waals surface area contributed by atoms with Crippen LogP contribution >= 0.6 is 15.9 Å². The zero-order valence-electron chi connectivity index (χ0n) is 11.1. The van der Waals surface area contributed by atoms with Crippen LogP contribution in [0.3, 0.4) is 0 Å².